The molecule has 112 valence electrons. The van der Waals surface area contributed by atoms with E-state index in [9.17, 15) is 4.21 Å². The predicted molar refractivity (Wildman–Crippen MR) is 84.1 cm³/mol. The molecule has 0 saturated carbocycles. The fourth-order valence-electron chi connectivity index (χ4n) is 3.21. The van der Waals surface area contributed by atoms with Gasteiger partial charge in [-0.1, -0.05) is 0 Å². The van der Waals surface area contributed by atoms with Crippen LogP contribution < -0.4 is 10.0 Å². The van der Waals surface area contributed by atoms with E-state index in [1.54, 1.807) is 11.3 Å². The molecule has 1 unspecified atom stereocenters. The molecule has 2 aliphatic rings. The number of nitrogens with zero attached hydrogens (tertiary/aromatic N) is 1. The van der Waals surface area contributed by atoms with Gasteiger partial charge in [-0.3, -0.25) is 0 Å². The number of fused-ring (bicyclic) bond motifs is 1. The average molecular weight is 313 g/mol. The molecule has 2 N–H and O–H groups in total. The Morgan fingerprint density at radius 1 is 1.45 bits per heavy atom. The van der Waals surface area contributed by atoms with E-state index in [4.69, 9.17) is 0 Å². The van der Waals surface area contributed by atoms with E-state index in [0.717, 1.165) is 38.0 Å². The maximum absolute atomic E-state index is 12.5. The van der Waals surface area contributed by atoms with Gasteiger partial charge in [0, 0.05) is 4.88 Å². The van der Waals surface area contributed by atoms with Crippen LogP contribution in [-0.4, -0.2) is 27.0 Å². The van der Waals surface area contributed by atoms with Crippen LogP contribution >= 0.6 is 11.3 Å². The highest BCUT2D eigenvalue weighted by Gasteiger charge is 2.49. The van der Waals surface area contributed by atoms with Crippen molar-refractivity contribution in [1.29, 1.82) is 0 Å². The molecule has 0 bridgehead atoms. The van der Waals surface area contributed by atoms with Gasteiger partial charge in [0.25, 0.3) is 0 Å². The number of rotatable bonds is 2. The van der Waals surface area contributed by atoms with Gasteiger partial charge in [-0.25, -0.2) is 13.9 Å². The molecule has 1 aromatic rings. The minimum atomic E-state index is -1.05. The van der Waals surface area contributed by atoms with Gasteiger partial charge in [-0.05, 0) is 58.5 Å². The van der Waals surface area contributed by atoms with Gasteiger partial charge >= 0.3 is 0 Å². The molecule has 20 heavy (non-hydrogen) atoms. The minimum Gasteiger partial charge on any atom is -0.317 e. The Kier molecular flexibility index (Phi) is 3.77. The summed E-state index contributed by atoms with van der Waals surface area (Å²) < 4.78 is 15.7. The molecule has 1 spiro atoms. The zero-order valence-electron chi connectivity index (χ0n) is 12.4. The summed E-state index contributed by atoms with van der Waals surface area (Å²) in [7, 11) is -1.05. The van der Waals surface area contributed by atoms with Crippen LogP contribution in [0.3, 0.4) is 0 Å². The average Bonchev–Trinajstić information content (AvgIpc) is 2.91. The molecule has 4 nitrogen and oxygen atoms in total. The summed E-state index contributed by atoms with van der Waals surface area (Å²) in [5.74, 6) is 0. The summed E-state index contributed by atoms with van der Waals surface area (Å²) in [6.07, 6.45) is 3.36. The van der Waals surface area contributed by atoms with Crippen molar-refractivity contribution in [1.82, 2.24) is 15.0 Å². The molecule has 0 amide bonds. The van der Waals surface area contributed by atoms with Crippen LogP contribution in [0.2, 0.25) is 0 Å². The van der Waals surface area contributed by atoms with E-state index in [2.05, 4.69) is 15.0 Å². The van der Waals surface area contributed by atoms with Crippen molar-refractivity contribution in [3.05, 3.63) is 16.1 Å². The zero-order valence-corrected chi connectivity index (χ0v) is 14.0. The molecule has 1 saturated heterocycles. The van der Waals surface area contributed by atoms with Crippen molar-refractivity contribution in [3.63, 3.8) is 0 Å². The topological polar surface area (TPSA) is 54.0 Å². The first kappa shape index (κ1) is 14.6. The van der Waals surface area contributed by atoms with Gasteiger partial charge in [0.05, 0.1) is 33.0 Å². The van der Waals surface area contributed by atoms with Crippen molar-refractivity contribution < 1.29 is 4.21 Å². The Hall–Kier alpha value is -0.300. The van der Waals surface area contributed by atoms with Gasteiger partial charge in [0.2, 0.25) is 0 Å². The smallest absolute Gasteiger partial charge is 0.0976 e. The third-order valence-corrected chi connectivity index (χ3v) is 6.86. The molecule has 1 fully saturated rings. The third kappa shape index (κ3) is 2.47. The first-order chi connectivity index (χ1) is 9.42. The Labute approximate surface area is 127 Å². The van der Waals surface area contributed by atoms with Crippen molar-refractivity contribution in [2.45, 2.75) is 50.8 Å². The largest absolute Gasteiger partial charge is 0.317 e. The zero-order chi connectivity index (χ0) is 14.4. The second-order valence-corrected chi connectivity index (χ2v) is 9.82. The normalized spacial score (nSPS) is 26.6. The number of thiazole rings is 1. The van der Waals surface area contributed by atoms with Crippen LogP contribution in [-0.2, 0) is 17.4 Å². The van der Waals surface area contributed by atoms with Gasteiger partial charge in [-0.2, -0.15) is 0 Å². The summed E-state index contributed by atoms with van der Waals surface area (Å²) in [5, 5.41) is 3.44. The molecular formula is C14H23N3OS2. The van der Waals surface area contributed by atoms with E-state index in [1.807, 2.05) is 26.3 Å². The lowest BCUT2D eigenvalue weighted by atomic mass is 9.74. The highest BCUT2D eigenvalue weighted by atomic mass is 32.2. The van der Waals surface area contributed by atoms with Gasteiger partial charge in [0.15, 0.2) is 0 Å². The van der Waals surface area contributed by atoms with Crippen molar-refractivity contribution in [2.75, 3.05) is 13.1 Å². The summed E-state index contributed by atoms with van der Waals surface area (Å²) in [6, 6.07) is 0.144. The van der Waals surface area contributed by atoms with E-state index in [1.165, 1.54) is 4.88 Å². The van der Waals surface area contributed by atoms with Crippen LogP contribution in [0, 0.1) is 5.41 Å². The van der Waals surface area contributed by atoms with Crippen molar-refractivity contribution in [3.8, 4) is 0 Å². The van der Waals surface area contributed by atoms with E-state index in [0.29, 0.717) is 0 Å². The Balaban J connectivity index is 1.89. The molecule has 1 aliphatic heterocycles. The van der Waals surface area contributed by atoms with E-state index < -0.39 is 11.0 Å². The molecule has 1 aromatic heterocycles. The highest BCUT2D eigenvalue weighted by molar-refractivity contribution is 7.84. The molecule has 1 aliphatic carbocycles. The number of hydrogen-bond donors (Lipinski definition) is 2. The Morgan fingerprint density at radius 2 is 2.15 bits per heavy atom. The second kappa shape index (κ2) is 5.16. The van der Waals surface area contributed by atoms with Crippen LogP contribution in [0.1, 0.15) is 50.2 Å². The van der Waals surface area contributed by atoms with Crippen LogP contribution in [0.15, 0.2) is 5.51 Å². The molecular weight excluding hydrogens is 290 g/mol. The standard InChI is InChI=1S/C14H23N3OS2/c1-13(2,3)20(18)17-12-11-10(19-9-16-11)8-14(12)4-6-15-7-5-14/h9,12,15,17H,4-8H2,1-3H3/t12-,20?/m1/s1. The molecule has 0 aromatic carbocycles. The third-order valence-electron chi connectivity index (χ3n) is 4.45. The lowest BCUT2D eigenvalue weighted by molar-refractivity contribution is 0.163. The van der Waals surface area contributed by atoms with Crippen LogP contribution in [0.25, 0.3) is 0 Å². The minimum absolute atomic E-state index is 0.144. The number of nitrogens with one attached hydrogen (secondary N) is 2. The summed E-state index contributed by atoms with van der Waals surface area (Å²) >= 11 is 1.75. The monoisotopic (exact) mass is 313 g/mol. The summed E-state index contributed by atoms with van der Waals surface area (Å²) in [4.78, 5) is 5.95. The maximum atomic E-state index is 12.5. The van der Waals surface area contributed by atoms with Crippen LogP contribution in [0.4, 0.5) is 0 Å². The Bertz CT molecular complexity index is 515. The molecule has 3 rings (SSSR count). The quantitative estimate of drug-likeness (QED) is 0.880. The number of piperidine rings is 1. The number of aromatic nitrogens is 1. The van der Waals surface area contributed by atoms with Crippen molar-refractivity contribution in [2.24, 2.45) is 5.41 Å². The molecule has 2 heterocycles. The molecule has 0 radical (unpaired) electrons. The maximum Gasteiger partial charge on any atom is 0.0976 e. The highest BCUT2D eigenvalue weighted by Crippen LogP contribution is 2.52. The lowest BCUT2D eigenvalue weighted by Crippen LogP contribution is -2.46. The fraction of sp³-hybridized carbons (Fsp3) is 0.786. The van der Waals surface area contributed by atoms with Crippen LogP contribution in [0.5, 0.6) is 0 Å². The SMILES string of the molecule is CC(C)(C)S(=O)N[C@@H]1c2ncsc2CC12CCNCC2. The van der Waals surface area contributed by atoms with Gasteiger partial charge < -0.3 is 5.32 Å². The second-order valence-electron chi connectivity index (χ2n) is 6.88. The Morgan fingerprint density at radius 3 is 2.80 bits per heavy atom. The first-order valence-corrected chi connectivity index (χ1v) is 9.26. The van der Waals surface area contributed by atoms with Gasteiger partial charge in [-0.15, -0.1) is 11.3 Å². The van der Waals surface area contributed by atoms with Crippen molar-refractivity contribution >= 4 is 22.3 Å². The first-order valence-electron chi connectivity index (χ1n) is 7.23. The summed E-state index contributed by atoms with van der Waals surface area (Å²) in [6.45, 7) is 8.15. The lowest BCUT2D eigenvalue weighted by Gasteiger charge is -2.40. The van der Waals surface area contributed by atoms with Gasteiger partial charge in [0.1, 0.15) is 0 Å². The molecule has 6 heteroatoms. The van der Waals surface area contributed by atoms with E-state index >= 15 is 0 Å². The van der Waals surface area contributed by atoms with E-state index in [-0.39, 0.29) is 16.2 Å². The molecule has 2 atom stereocenters. The fourth-order valence-corrected chi connectivity index (χ4v) is 5.10. The predicted octanol–water partition coefficient (Wildman–Crippen LogP) is 2.16. The number of hydrogen-bond acceptors (Lipinski definition) is 4. The summed E-state index contributed by atoms with van der Waals surface area (Å²) in [5.41, 5.74) is 3.28.